The lowest BCUT2D eigenvalue weighted by molar-refractivity contribution is -0.141. The van der Waals surface area contributed by atoms with Gasteiger partial charge in [0.05, 0.1) is 30.3 Å². The standard InChI is InChI=1S/C26H19F3N4O6/c1-38-25(37)39-24-18(13-31-23(36)15-9-7-14(8-10-15)21(30)35)20(34)17-11-12-19(26(27,28)29)32-22(17)33(24)16-5-3-2-4-6-16/h2-12H,13H2,1H3,(H2,30,35)(H,31,36). The predicted octanol–water partition coefficient (Wildman–Crippen LogP) is 3.58. The molecule has 0 fully saturated rings. The van der Waals surface area contributed by atoms with E-state index in [-0.39, 0.29) is 27.8 Å². The number of nitrogens with two attached hydrogens (primary N) is 1. The minimum Gasteiger partial charge on any atom is -0.437 e. The van der Waals surface area contributed by atoms with E-state index >= 15 is 0 Å². The number of aromatic nitrogens is 2. The molecule has 0 aliphatic heterocycles. The van der Waals surface area contributed by atoms with Gasteiger partial charge >= 0.3 is 12.3 Å². The number of fused-ring (bicyclic) bond motifs is 1. The summed E-state index contributed by atoms with van der Waals surface area (Å²) in [5.41, 5.74) is 2.91. The molecule has 10 nitrogen and oxygen atoms in total. The van der Waals surface area contributed by atoms with Gasteiger partial charge in [-0.25, -0.2) is 9.78 Å². The van der Waals surface area contributed by atoms with Crippen LogP contribution in [0.4, 0.5) is 18.0 Å². The second kappa shape index (κ2) is 10.7. The van der Waals surface area contributed by atoms with Gasteiger partial charge in [0.1, 0.15) is 5.69 Å². The zero-order valence-corrected chi connectivity index (χ0v) is 20.1. The highest BCUT2D eigenvalue weighted by Gasteiger charge is 2.34. The van der Waals surface area contributed by atoms with Crippen molar-refractivity contribution in [1.82, 2.24) is 14.9 Å². The molecule has 0 bridgehead atoms. The summed E-state index contributed by atoms with van der Waals surface area (Å²) in [4.78, 5) is 53.3. The largest absolute Gasteiger partial charge is 0.514 e. The molecule has 2 aromatic carbocycles. The first kappa shape index (κ1) is 26.9. The first-order valence-corrected chi connectivity index (χ1v) is 11.2. The fourth-order valence-corrected chi connectivity index (χ4v) is 3.70. The van der Waals surface area contributed by atoms with Crippen molar-refractivity contribution in [3.63, 3.8) is 0 Å². The number of carbonyl (C=O) groups excluding carboxylic acids is 3. The zero-order valence-electron chi connectivity index (χ0n) is 20.1. The van der Waals surface area contributed by atoms with Gasteiger partial charge in [-0.3, -0.25) is 19.0 Å². The second-order valence-electron chi connectivity index (χ2n) is 8.03. The van der Waals surface area contributed by atoms with Gasteiger partial charge in [0.2, 0.25) is 11.8 Å². The van der Waals surface area contributed by atoms with Crippen LogP contribution in [0.2, 0.25) is 0 Å². The fraction of sp³-hybridized carbons (Fsp3) is 0.115. The van der Waals surface area contributed by atoms with E-state index in [0.717, 1.165) is 17.7 Å². The Hall–Kier alpha value is -5.20. The van der Waals surface area contributed by atoms with Crippen LogP contribution in [0.25, 0.3) is 16.7 Å². The van der Waals surface area contributed by atoms with Crippen LogP contribution in [-0.2, 0) is 17.5 Å². The van der Waals surface area contributed by atoms with Crippen molar-refractivity contribution in [3.05, 3.63) is 99.3 Å². The third kappa shape index (κ3) is 5.56. The van der Waals surface area contributed by atoms with Gasteiger partial charge in [0, 0.05) is 11.1 Å². The number of amides is 2. The number of hydrogen-bond acceptors (Lipinski definition) is 7. The van der Waals surface area contributed by atoms with Gasteiger partial charge in [0.25, 0.3) is 5.91 Å². The summed E-state index contributed by atoms with van der Waals surface area (Å²) in [6.07, 6.45) is -6.09. The van der Waals surface area contributed by atoms with Crippen LogP contribution >= 0.6 is 0 Å². The molecule has 0 spiro atoms. The first-order valence-electron chi connectivity index (χ1n) is 11.2. The molecule has 4 aromatic rings. The van der Waals surface area contributed by atoms with Gasteiger partial charge < -0.3 is 20.5 Å². The molecule has 0 aliphatic carbocycles. The summed E-state index contributed by atoms with van der Waals surface area (Å²) >= 11 is 0. The SMILES string of the molecule is COC(=O)Oc1c(CNC(=O)c2ccc(C(N)=O)cc2)c(=O)c2ccc(C(F)(F)F)nc2n1-c1ccccc1. The molecule has 2 amide bonds. The molecule has 0 saturated carbocycles. The lowest BCUT2D eigenvalue weighted by atomic mass is 10.1. The molecule has 0 radical (unpaired) electrons. The zero-order chi connectivity index (χ0) is 28.3. The lowest BCUT2D eigenvalue weighted by Gasteiger charge is -2.20. The van der Waals surface area contributed by atoms with Crippen molar-refractivity contribution >= 4 is 29.0 Å². The average Bonchev–Trinajstić information content (AvgIpc) is 2.92. The van der Waals surface area contributed by atoms with Gasteiger partial charge in [-0.05, 0) is 48.5 Å². The van der Waals surface area contributed by atoms with Crippen LogP contribution < -0.4 is 21.2 Å². The lowest BCUT2D eigenvalue weighted by Crippen LogP contribution is -2.29. The molecule has 13 heteroatoms. The van der Waals surface area contributed by atoms with E-state index in [1.165, 1.54) is 36.4 Å². The molecule has 0 aliphatic rings. The maximum atomic E-state index is 13.5. The van der Waals surface area contributed by atoms with Crippen molar-refractivity contribution in [1.29, 1.82) is 0 Å². The quantitative estimate of drug-likeness (QED) is 0.356. The summed E-state index contributed by atoms with van der Waals surface area (Å²) in [6, 6.07) is 14.8. The number of halogens is 3. The van der Waals surface area contributed by atoms with Crippen molar-refractivity contribution in [2.24, 2.45) is 5.73 Å². The molecule has 0 unspecified atom stereocenters. The smallest absolute Gasteiger partial charge is 0.437 e. The second-order valence-corrected chi connectivity index (χ2v) is 8.03. The van der Waals surface area contributed by atoms with E-state index in [9.17, 15) is 32.3 Å². The van der Waals surface area contributed by atoms with Crippen LogP contribution in [0.3, 0.4) is 0 Å². The third-order valence-corrected chi connectivity index (χ3v) is 5.58. The molecular weight excluding hydrogens is 521 g/mol. The first-order chi connectivity index (χ1) is 18.5. The van der Waals surface area contributed by atoms with Gasteiger partial charge in [0.15, 0.2) is 11.1 Å². The number of benzene rings is 2. The van der Waals surface area contributed by atoms with Crippen molar-refractivity contribution < 1.29 is 37.0 Å². The van der Waals surface area contributed by atoms with E-state index in [0.29, 0.717) is 6.07 Å². The molecule has 2 aromatic heterocycles. The fourth-order valence-electron chi connectivity index (χ4n) is 3.70. The van der Waals surface area contributed by atoms with E-state index in [2.05, 4.69) is 15.0 Å². The molecule has 3 N–H and O–H groups in total. The van der Waals surface area contributed by atoms with E-state index in [1.54, 1.807) is 18.2 Å². The Morgan fingerprint density at radius 1 is 0.974 bits per heavy atom. The summed E-state index contributed by atoms with van der Waals surface area (Å²) in [6.45, 7) is -0.495. The molecule has 200 valence electrons. The number of pyridine rings is 2. The number of para-hydroxylation sites is 1. The van der Waals surface area contributed by atoms with Crippen molar-refractivity contribution in [2.45, 2.75) is 12.7 Å². The summed E-state index contributed by atoms with van der Waals surface area (Å²) < 4.78 is 51.4. The molecule has 4 rings (SSSR count). The summed E-state index contributed by atoms with van der Waals surface area (Å²) in [7, 11) is 1.01. The van der Waals surface area contributed by atoms with Crippen molar-refractivity contribution in [2.75, 3.05) is 7.11 Å². The van der Waals surface area contributed by atoms with Crippen LogP contribution in [0, 0.1) is 0 Å². The monoisotopic (exact) mass is 540 g/mol. The van der Waals surface area contributed by atoms with Crippen LogP contribution in [0.1, 0.15) is 32.0 Å². The van der Waals surface area contributed by atoms with Crippen molar-refractivity contribution in [3.8, 4) is 11.6 Å². The number of ether oxygens (including phenoxy) is 2. The van der Waals surface area contributed by atoms with Crippen LogP contribution in [-0.4, -0.2) is 34.6 Å². The van der Waals surface area contributed by atoms with E-state index in [1.807, 2.05) is 0 Å². The number of methoxy groups -OCH3 is 1. The van der Waals surface area contributed by atoms with E-state index < -0.39 is 53.3 Å². The number of primary amides is 1. The van der Waals surface area contributed by atoms with Gasteiger partial charge in [-0.15, -0.1) is 0 Å². The maximum Gasteiger partial charge on any atom is 0.514 e. The van der Waals surface area contributed by atoms with Crippen LogP contribution in [0.5, 0.6) is 5.88 Å². The minimum absolute atomic E-state index is 0.121. The summed E-state index contributed by atoms with van der Waals surface area (Å²) in [5, 5.41) is 2.29. The van der Waals surface area contributed by atoms with Gasteiger partial charge in [-0.2, -0.15) is 13.2 Å². The molecule has 0 saturated heterocycles. The highest BCUT2D eigenvalue weighted by atomic mass is 19.4. The third-order valence-electron chi connectivity index (χ3n) is 5.58. The highest BCUT2D eigenvalue weighted by molar-refractivity contribution is 5.97. The Bertz CT molecular complexity index is 1630. The summed E-state index contributed by atoms with van der Waals surface area (Å²) in [5.74, 6) is -1.85. The van der Waals surface area contributed by atoms with Crippen LogP contribution in [0.15, 0.2) is 71.5 Å². The number of alkyl halides is 3. The minimum atomic E-state index is -4.83. The molecule has 2 heterocycles. The molecule has 0 atom stereocenters. The molecular formula is C26H19F3N4O6. The Labute approximate surface area is 217 Å². The van der Waals surface area contributed by atoms with E-state index in [4.69, 9.17) is 10.5 Å². The molecule has 39 heavy (non-hydrogen) atoms. The number of carbonyl (C=O) groups is 3. The Morgan fingerprint density at radius 2 is 1.62 bits per heavy atom. The Kier molecular flexibility index (Phi) is 7.33. The maximum absolute atomic E-state index is 13.5. The normalized spacial score (nSPS) is 11.2. The number of rotatable bonds is 6. The Balaban J connectivity index is 1.90. The number of nitrogens with zero attached hydrogens (tertiary/aromatic N) is 2. The highest BCUT2D eigenvalue weighted by Crippen LogP contribution is 2.32. The topological polar surface area (TPSA) is 143 Å². The number of nitrogens with one attached hydrogen (secondary N) is 1. The predicted molar refractivity (Wildman–Crippen MR) is 132 cm³/mol. The average molecular weight is 540 g/mol. The van der Waals surface area contributed by atoms with Gasteiger partial charge in [-0.1, -0.05) is 18.2 Å². The Morgan fingerprint density at radius 3 is 2.21 bits per heavy atom. The number of hydrogen-bond donors (Lipinski definition) is 2.